The first kappa shape index (κ1) is 25.6. The minimum Gasteiger partial charge on any atom is -0.493 e. The lowest BCUT2D eigenvalue weighted by Crippen LogP contribution is -2.39. The van der Waals surface area contributed by atoms with Crippen molar-refractivity contribution in [3.05, 3.63) is 57.6 Å². The van der Waals surface area contributed by atoms with Crippen LogP contribution < -0.4 is 9.47 Å². The zero-order chi connectivity index (χ0) is 21.7. The normalized spacial score (nSPS) is 14.6. The lowest BCUT2D eigenvalue weighted by Gasteiger charge is -2.32. The van der Waals surface area contributed by atoms with Gasteiger partial charge in [0.2, 0.25) is 5.91 Å². The van der Waals surface area contributed by atoms with Crippen LogP contribution in [0, 0.1) is 0 Å². The topological polar surface area (TPSA) is 42.0 Å². The van der Waals surface area contributed by atoms with Gasteiger partial charge in [0.15, 0.2) is 11.5 Å². The zero-order valence-electron chi connectivity index (χ0n) is 18.1. The Hall–Kier alpha value is -1.66. The predicted octanol–water partition coefficient (Wildman–Crippen LogP) is 5.27. The van der Waals surface area contributed by atoms with E-state index in [0.717, 1.165) is 30.8 Å². The van der Waals surface area contributed by atoms with Gasteiger partial charge in [-0.2, -0.15) is 0 Å². The molecule has 5 nitrogen and oxygen atoms in total. The first-order valence-electron chi connectivity index (χ1n) is 10.1. The summed E-state index contributed by atoms with van der Waals surface area (Å²) < 4.78 is 10.9. The molecule has 3 rings (SSSR count). The summed E-state index contributed by atoms with van der Waals surface area (Å²) in [5.41, 5.74) is 1.86. The standard InChI is InChI=1S/C23H28Cl2N2O3.ClH/c1-26(23(28)13-16-6-8-18(24)19(25)12-16)20(15-27-10-4-5-11-27)17-7-9-21(29-2)22(14-17)30-3;/h6-9,12,14,20H,4-5,10-11,13,15H2,1-3H3;1H/t20-;/m0./s1. The molecule has 1 atom stereocenters. The molecule has 1 fully saturated rings. The third kappa shape index (κ3) is 6.42. The lowest BCUT2D eigenvalue weighted by molar-refractivity contribution is -0.131. The molecule has 0 aromatic heterocycles. The molecular weight excluding hydrogens is 459 g/mol. The van der Waals surface area contributed by atoms with Gasteiger partial charge in [-0.1, -0.05) is 35.3 Å². The van der Waals surface area contributed by atoms with Crippen molar-refractivity contribution in [1.29, 1.82) is 0 Å². The second-order valence-corrected chi connectivity index (χ2v) is 8.38. The fourth-order valence-electron chi connectivity index (χ4n) is 3.84. The van der Waals surface area contributed by atoms with Crippen LogP contribution in [0.25, 0.3) is 0 Å². The number of likely N-dealkylation sites (tertiary alicyclic amines) is 1. The molecule has 1 amide bonds. The molecule has 1 aliphatic heterocycles. The summed E-state index contributed by atoms with van der Waals surface area (Å²) in [7, 11) is 5.10. The van der Waals surface area contributed by atoms with Crippen LogP contribution in [0.15, 0.2) is 36.4 Å². The van der Waals surface area contributed by atoms with Gasteiger partial charge < -0.3 is 19.3 Å². The van der Waals surface area contributed by atoms with Gasteiger partial charge in [-0.25, -0.2) is 0 Å². The fraction of sp³-hybridized carbons (Fsp3) is 0.435. The molecule has 1 heterocycles. The van der Waals surface area contributed by atoms with Gasteiger partial charge >= 0.3 is 0 Å². The number of ether oxygens (including phenoxy) is 2. The summed E-state index contributed by atoms with van der Waals surface area (Å²) >= 11 is 12.1. The van der Waals surface area contributed by atoms with Gasteiger partial charge in [0.05, 0.1) is 36.7 Å². The van der Waals surface area contributed by atoms with E-state index < -0.39 is 0 Å². The molecule has 170 valence electrons. The molecule has 0 radical (unpaired) electrons. The summed E-state index contributed by atoms with van der Waals surface area (Å²) in [4.78, 5) is 17.4. The molecule has 1 aliphatic rings. The van der Waals surface area contributed by atoms with Gasteiger partial charge in [0.25, 0.3) is 0 Å². The van der Waals surface area contributed by atoms with Crippen molar-refractivity contribution in [2.24, 2.45) is 0 Å². The molecule has 0 spiro atoms. The van der Waals surface area contributed by atoms with Crippen molar-refractivity contribution in [1.82, 2.24) is 9.80 Å². The van der Waals surface area contributed by atoms with Crippen LogP contribution in [0.4, 0.5) is 0 Å². The zero-order valence-corrected chi connectivity index (χ0v) is 20.4. The number of methoxy groups -OCH3 is 2. The number of benzene rings is 2. The van der Waals surface area contributed by atoms with Gasteiger partial charge in [0, 0.05) is 13.6 Å². The third-order valence-electron chi connectivity index (χ3n) is 5.62. The average Bonchev–Trinajstić information content (AvgIpc) is 3.27. The van der Waals surface area contributed by atoms with E-state index in [9.17, 15) is 4.79 Å². The Morgan fingerprint density at radius 1 is 1.03 bits per heavy atom. The third-order valence-corrected chi connectivity index (χ3v) is 6.36. The number of rotatable bonds is 8. The largest absolute Gasteiger partial charge is 0.493 e. The van der Waals surface area contributed by atoms with Crippen LogP contribution in [-0.4, -0.2) is 56.6 Å². The van der Waals surface area contributed by atoms with Crippen LogP contribution in [0.5, 0.6) is 11.5 Å². The van der Waals surface area contributed by atoms with Gasteiger partial charge in [-0.15, -0.1) is 12.4 Å². The quantitative estimate of drug-likeness (QED) is 0.509. The molecule has 1 saturated heterocycles. The predicted molar refractivity (Wildman–Crippen MR) is 128 cm³/mol. The SMILES string of the molecule is COc1ccc([C@H](CN2CCCC2)N(C)C(=O)Cc2ccc(Cl)c(Cl)c2)cc1OC.Cl. The number of hydrogen-bond donors (Lipinski definition) is 0. The van der Waals surface area contributed by atoms with Crippen LogP contribution >= 0.6 is 35.6 Å². The van der Waals surface area contributed by atoms with Gasteiger partial charge in [-0.3, -0.25) is 4.79 Å². The van der Waals surface area contributed by atoms with E-state index in [1.807, 2.05) is 36.2 Å². The lowest BCUT2D eigenvalue weighted by atomic mass is 10.0. The Morgan fingerprint density at radius 3 is 2.32 bits per heavy atom. The highest BCUT2D eigenvalue weighted by Gasteiger charge is 2.26. The summed E-state index contributed by atoms with van der Waals surface area (Å²) in [5.74, 6) is 1.35. The van der Waals surface area contributed by atoms with Crippen molar-refractivity contribution in [3.8, 4) is 11.5 Å². The van der Waals surface area contributed by atoms with Crippen LogP contribution in [0.2, 0.25) is 10.0 Å². The van der Waals surface area contributed by atoms with E-state index in [0.29, 0.717) is 21.5 Å². The summed E-state index contributed by atoms with van der Waals surface area (Å²) in [6.45, 7) is 2.89. The highest BCUT2D eigenvalue weighted by atomic mass is 35.5. The Kier molecular flexibility index (Phi) is 9.76. The Balaban J connectivity index is 0.00000341. The average molecular weight is 488 g/mol. The molecule has 0 bridgehead atoms. The number of hydrogen-bond acceptors (Lipinski definition) is 4. The molecule has 2 aromatic carbocycles. The molecule has 0 saturated carbocycles. The van der Waals surface area contributed by atoms with E-state index in [1.165, 1.54) is 12.8 Å². The number of likely N-dealkylation sites (N-methyl/N-ethyl adjacent to an activating group) is 1. The molecule has 0 aliphatic carbocycles. The van der Waals surface area contributed by atoms with Gasteiger partial charge in [-0.05, 0) is 61.3 Å². The molecule has 8 heteroatoms. The van der Waals surface area contributed by atoms with E-state index in [4.69, 9.17) is 32.7 Å². The van der Waals surface area contributed by atoms with E-state index >= 15 is 0 Å². The van der Waals surface area contributed by atoms with Crippen molar-refractivity contribution < 1.29 is 14.3 Å². The van der Waals surface area contributed by atoms with E-state index in [-0.39, 0.29) is 30.8 Å². The maximum absolute atomic E-state index is 13.2. The minimum atomic E-state index is -0.0989. The van der Waals surface area contributed by atoms with Crippen molar-refractivity contribution in [2.45, 2.75) is 25.3 Å². The monoisotopic (exact) mass is 486 g/mol. The first-order valence-corrected chi connectivity index (χ1v) is 10.8. The van der Waals surface area contributed by atoms with Gasteiger partial charge in [0.1, 0.15) is 0 Å². The smallest absolute Gasteiger partial charge is 0.227 e. The Morgan fingerprint density at radius 2 is 1.71 bits per heavy atom. The highest BCUT2D eigenvalue weighted by molar-refractivity contribution is 6.42. The second-order valence-electron chi connectivity index (χ2n) is 7.57. The molecular formula is C23H29Cl3N2O3. The Labute approximate surface area is 200 Å². The number of halogens is 3. The van der Waals surface area contributed by atoms with E-state index in [2.05, 4.69) is 4.90 Å². The fourth-order valence-corrected chi connectivity index (χ4v) is 4.16. The van der Waals surface area contributed by atoms with Crippen molar-refractivity contribution in [3.63, 3.8) is 0 Å². The van der Waals surface area contributed by atoms with E-state index in [1.54, 1.807) is 26.4 Å². The van der Waals surface area contributed by atoms with Crippen molar-refractivity contribution in [2.75, 3.05) is 40.9 Å². The maximum atomic E-state index is 13.2. The molecule has 0 N–H and O–H groups in total. The minimum absolute atomic E-state index is 0. The molecule has 0 unspecified atom stereocenters. The Bertz CT molecular complexity index is 888. The molecule has 2 aromatic rings. The maximum Gasteiger partial charge on any atom is 0.227 e. The molecule has 31 heavy (non-hydrogen) atoms. The number of carbonyl (C=O) groups is 1. The first-order chi connectivity index (χ1) is 14.4. The van der Waals surface area contributed by atoms with Crippen LogP contribution in [-0.2, 0) is 11.2 Å². The van der Waals surface area contributed by atoms with Crippen LogP contribution in [0.1, 0.15) is 30.0 Å². The van der Waals surface area contributed by atoms with Crippen molar-refractivity contribution >= 4 is 41.5 Å². The second kappa shape index (κ2) is 11.8. The summed E-state index contributed by atoms with van der Waals surface area (Å²) in [6.07, 6.45) is 2.65. The number of amides is 1. The number of carbonyl (C=O) groups excluding carboxylic acids is 1. The van der Waals surface area contributed by atoms with Crippen LogP contribution in [0.3, 0.4) is 0 Å². The summed E-state index contributed by atoms with van der Waals surface area (Å²) in [5, 5.41) is 0.941. The summed E-state index contributed by atoms with van der Waals surface area (Å²) in [6, 6.07) is 11.1. The number of nitrogens with zero attached hydrogens (tertiary/aromatic N) is 2. The highest BCUT2D eigenvalue weighted by Crippen LogP contribution is 2.33.